The fourth-order valence-electron chi connectivity index (χ4n) is 2.11. The minimum absolute atomic E-state index is 0.256. The number of nitrogens with one attached hydrogen (secondary N) is 1. The number of pyridine rings is 1. The quantitative estimate of drug-likeness (QED) is 0.890. The predicted molar refractivity (Wildman–Crippen MR) is 85.2 cm³/mol. The van der Waals surface area contributed by atoms with E-state index in [4.69, 9.17) is 0 Å². The average Bonchev–Trinajstić information content (AvgIpc) is 2.55. The summed E-state index contributed by atoms with van der Waals surface area (Å²) in [6.45, 7) is 7.11. The van der Waals surface area contributed by atoms with Crippen LogP contribution in [0.5, 0.6) is 0 Å². The smallest absolute Gasteiger partial charge is 0.256 e. The summed E-state index contributed by atoms with van der Waals surface area (Å²) in [5.41, 5.74) is 1.72. The van der Waals surface area contributed by atoms with Gasteiger partial charge in [0, 0.05) is 12.1 Å². The molecule has 116 valence electrons. The standard InChI is InChI=1S/C17H20FN3O/c1-3-21(4-2)12-13-5-7-14(8-6-13)17(22)20-16-10-9-15(18)11-19-16/h5-11H,3-4,12H2,1-2H3,(H,19,20,22). The minimum atomic E-state index is -0.432. The zero-order valence-electron chi connectivity index (χ0n) is 12.8. The van der Waals surface area contributed by atoms with E-state index in [1.807, 2.05) is 12.1 Å². The molecule has 2 rings (SSSR count). The molecule has 0 bridgehead atoms. The van der Waals surface area contributed by atoms with Gasteiger partial charge >= 0.3 is 0 Å². The number of aromatic nitrogens is 1. The van der Waals surface area contributed by atoms with Crippen LogP contribution in [-0.4, -0.2) is 28.9 Å². The number of rotatable bonds is 6. The van der Waals surface area contributed by atoms with Crippen molar-refractivity contribution in [1.29, 1.82) is 0 Å². The topological polar surface area (TPSA) is 45.2 Å². The Kier molecular flexibility index (Phi) is 5.61. The van der Waals surface area contributed by atoms with Crippen LogP contribution in [-0.2, 0) is 6.54 Å². The molecule has 0 aliphatic carbocycles. The molecule has 5 heteroatoms. The lowest BCUT2D eigenvalue weighted by molar-refractivity contribution is 0.102. The molecular weight excluding hydrogens is 281 g/mol. The Balaban J connectivity index is 2.00. The second-order valence-electron chi connectivity index (χ2n) is 4.97. The van der Waals surface area contributed by atoms with Gasteiger partial charge in [-0.25, -0.2) is 9.37 Å². The lowest BCUT2D eigenvalue weighted by Crippen LogP contribution is -2.22. The Labute approximate surface area is 130 Å². The number of halogens is 1. The number of benzene rings is 1. The molecular formula is C17H20FN3O. The van der Waals surface area contributed by atoms with Gasteiger partial charge in [-0.1, -0.05) is 26.0 Å². The Morgan fingerprint density at radius 1 is 1.14 bits per heavy atom. The van der Waals surface area contributed by atoms with Crippen molar-refractivity contribution in [2.75, 3.05) is 18.4 Å². The van der Waals surface area contributed by atoms with Crippen LogP contribution in [0.4, 0.5) is 10.2 Å². The second-order valence-corrected chi connectivity index (χ2v) is 4.97. The summed E-state index contributed by atoms with van der Waals surface area (Å²) in [5.74, 6) is -0.356. The number of hydrogen-bond donors (Lipinski definition) is 1. The van der Waals surface area contributed by atoms with Crippen LogP contribution in [0.1, 0.15) is 29.8 Å². The van der Waals surface area contributed by atoms with E-state index >= 15 is 0 Å². The molecule has 0 atom stereocenters. The molecule has 1 aromatic carbocycles. The van der Waals surface area contributed by atoms with E-state index in [0.717, 1.165) is 25.8 Å². The van der Waals surface area contributed by atoms with Crippen LogP contribution < -0.4 is 5.32 Å². The van der Waals surface area contributed by atoms with E-state index in [9.17, 15) is 9.18 Å². The molecule has 1 N–H and O–H groups in total. The normalized spacial score (nSPS) is 10.7. The molecule has 4 nitrogen and oxygen atoms in total. The summed E-state index contributed by atoms with van der Waals surface area (Å²) >= 11 is 0. The molecule has 1 heterocycles. The lowest BCUT2D eigenvalue weighted by Gasteiger charge is -2.18. The highest BCUT2D eigenvalue weighted by Crippen LogP contribution is 2.10. The number of hydrogen-bond acceptors (Lipinski definition) is 3. The van der Waals surface area contributed by atoms with Crippen LogP contribution in [0.15, 0.2) is 42.6 Å². The van der Waals surface area contributed by atoms with Crippen molar-refractivity contribution in [1.82, 2.24) is 9.88 Å². The van der Waals surface area contributed by atoms with Crippen LogP contribution in [0.25, 0.3) is 0 Å². The fourth-order valence-corrected chi connectivity index (χ4v) is 2.11. The molecule has 0 radical (unpaired) electrons. The van der Waals surface area contributed by atoms with E-state index in [1.54, 1.807) is 12.1 Å². The second kappa shape index (κ2) is 7.66. The first-order valence-corrected chi connectivity index (χ1v) is 7.36. The van der Waals surface area contributed by atoms with E-state index in [2.05, 4.69) is 29.0 Å². The minimum Gasteiger partial charge on any atom is -0.307 e. The molecule has 0 saturated carbocycles. The molecule has 22 heavy (non-hydrogen) atoms. The van der Waals surface area contributed by atoms with Crippen molar-refractivity contribution in [2.45, 2.75) is 20.4 Å². The SMILES string of the molecule is CCN(CC)Cc1ccc(C(=O)Nc2ccc(F)cn2)cc1. The number of nitrogens with zero attached hydrogens (tertiary/aromatic N) is 2. The number of amides is 1. The van der Waals surface area contributed by atoms with Crippen LogP contribution in [0, 0.1) is 5.82 Å². The largest absolute Gasteiger partial charge is 0.307 e. The highest BCUT2D eigenvalue weighted by atomic mass is 19.1. The summed E-state index contributed by atoms with van der Waals surface area (Å²) in [5, 5.41) is 2.64. The summed E-state index contributed by atoms with van der Waals surface area (Å²) < 4.78 is 12.8. The fraction of sp³-hybridized carbons (Fsp3) is 0.294. The van der Waals surface area contributed by atoms with Crippen molar-refractivity contribution in [3.8, 4) is 0 Å². The maximum atomic E-state index is 12.8. The third-order valence-electron chi connectivity index (χ3n) is 3.49. The van der Waals surface area contributed by atoms with Crippen molar-refractivity contribution in [3.63, 3.8) is 0 Å². The molecule has 1 amide bonds. The molecule has 2 aromatic rings. The number of carbonyl (C=O) groups excluding carboxylic acids is 1. The zero-order valence-corrected chi connectivity index (χ0v) is 12.8. The predicted octanol–water partition coefficient (Wildman–Crippen LogP) is 3.31. The summed E-state index contributed by atoms with van der Waals surface area (Å²) in [6.07, 6.45) is 1.07. The van der Waals surface area contributed by atoms with Gasteiger partial charge in [-0.2, -0.15) is 0 Å². The Morgan fingerprint density at radius 3 is 2.36 bits per heavy atom. The molecule has 0 fully saturated rings. The van der Waals surface area contributed by atoms with E-state index < -0.39 is 5.82 Å². The summed E-state index contributed by atoms with van der Waals surface area (Å²) in [6, 6.07) is 10.2. The van der Waals surface area contributed by atoms with Gasteiger partial charge in [0.15, 0.2) is 0 Å². The first kappa shape index (κ1) is 16.1. The maximum Gasteiger partial charge on any atom is 0.256 e. The Hall–Kier alpha value is -2.27. The maximum absolute atomic E-state index is 12.8. The van der Waals surface area contributed by atoms with E-state index in [0.29, 0.717) is 11.4 Å². The van der Waals surface area contributed by atoms with Gasteiger partial charge < -0.3 is 5.32 Å². The van der Waals surface area contributed by atoms with Gasteiger partial charge in [-0.15, -0.1) is 0 Å². The van der Waals surface area contributed by atoms with Crippen LogP contribution in [0.3, 0.4) is 0 Å². The van der Waals surface area contributed by atoms with Crippen molar-refractivity contribution < 1.29 is 9.18 Å². The zero-order chi connectivity index (χ0) is 15.9. The first-order valence-electron chi connectivity index (χ1n) is 7.36. The van der Waals surface area contributed by atoms with Gasteiger partial charge in [-0.3, -0.25) is 9.69 Å². The molecule has 0 unspecified atom stereocenters. The summed E-state index contributed by atoms with van der Waals surface area (Å²) in [4.78, 5) is 18.2. The van der Waals surface area contributed by atoms with Crippen LogP contribution in [0.2, 0.25) is 0 Å². The van der Waals surface area contributed by atoms with Crippen molar-refractivity contribution in [2.24, 2.45) is 0 Å². The highest BCUT2D eigenvalue weighted by molar-refractivity contribution is 6.03. The molecule has 0 spiro atoms. The van der Waals surface area contributed by atoms with Crippen molar-refractivity contribution >= 4 is 11.7 Å². The van der Waals surface area contributed by atoms with Gasteiger partial charge in [0.25, 0.3) is 5.91 Å². The monoisotopic (exact) mass is 301 g/mol. The van der Waals surface area contributed by atoms with Crippen molar-refractivity contribution in [3.05, 3.63) is 59.5 Å². The molecule has 0 aliphatic heterocycles. The summed E-state index contributed by atoms with van der Waals surface area (Å²) in [7, 11) is 0. The third-order valence-corrected chi connectivity index (χ3v) is 3.49. The molecule has 0 saturated heterocycles. The highest BCUT2D eigenvalue weighted by Gasteiger charge is 2.08. The lowest BCUT2D eigenvalue weighted by atomic mass is 10.1. The third kappa shape index (κ3) is 4.36. The molecule has 1 aromatic heterocycles. The Morgan fingerprint density at radius 2 is 1.82 bits per heavy atom. The number of carbonyl (C=O) groups is 1. The number of anilines is 1. The van der Waals surface area contributed by atoms with Gasteiger partial charge in [-0.05, 0) is 42.9 Å². The average molecular weight is 301 g/mol. The van der Waals surface area contributed by atoms with Gasteiger partial charge in [0.2, 0.25) is 0 Å². The van der Waals surface area contributed by atoms with E-state index in [-0.39, 0.29) is 5.91 Å². The Bertz CT molecular complexity index is 607. The van der Waals surface area contributed by atoms with Gasteiger partial charge in [0.1, 0.15) is 11.6 Å². The molecule has 0 aliphatic rings. The van der Waals surface area contributed by atoms with E-state index in [1.165, 1.54) is 17.7 Å². The first-order chi connectivity index (χ1) is 10.6. The van der Waals surface area contributed by atoms with Gasteiger partial charge in [0.05, 0.1) is 6.20 Å². The van der Waals surface area contributed by atoms with Crippen LogP contribution >= 0.6 is 0 Å².